The number of benzene rings is 2. The third-order valence-electron chi connectivity index (χ3n) is 3.94. The van der Waals surface area contributed by atoms with Crippen molar-refractivity contribution in [2.75, 3.05) is 7.05 Å². The van der Waals surface area contributed by atoms with Gasteiger partial charge in [-0.15, -0.1) is 0 Å². The Kier molecular flexibility index (Phi) is 3.75. The van der Waals surface area contributed by atoms with Crippen LogP contribution in [-0.2, 0) is 4.79 Å². The standard InChI is InChI=1S/C19H13NO2S2/c1-20-18(21)17(24-19(20)23)11-13-9-10-16(22-13)15-8-4-6-12-5-2-3-7-14(12)15/h2-11H,1H3/b17-11-. The number of fused-ring (bicyclic) bond motifs is 1. The van der Waals surface area contributed by atoms with Crippen LogP contribution < -0.4 is 0 Å². The molecule has 0 spiro atoms. The number of rotatable bonds is 2. The van der Waals surface area contributed by atoms with E-state index < -0.39 is 0 Å². The Morgan fingerprint density at radius 1 is 1.08 bits per heavy atom. The van der Waals surface area contributed by atoms with Gasteiger partial charge in [0.1, 0.15) is 15.8 Å². The Labute approximate surface area is 148 Å². The minimum absolute atomic E-state index is 0.0897. The molecule has 4 rings (SSSR count). The van der Waals surface area contributed by atoms with Crippen molar-refractivity contribution in [3.8, 4) is 11.3 Å². The number of hydrogen-bond donors (Lipinski definition) is 0. The lowest BCUT2D eigenvalue weighted by molar-refractivity contribution is -0.121. The van der Waals surface area contributed by atoms with Crippen LogP contribution in [0.1, 0.15) is 5.76 Å². The predicted octanol–water partition coefficient (Wildman–Crippen LogP) is 4.93. The summed E-state index contributed by atoms with van der Waals surface area (Å²) in [7, 11) is 1.68. The summed E-state index contributed by atoms with van der Waals surface area (Å²) in [6, 6.07) is 18.1. The maximum atomic E-state index is 12.1. The topological polar surface area (TPSA) is 33.5 Å². The largest absolute Gasteiger partial charge is 0.457 e. The van der Waals surface area contributed by atoms with E-state index in [-0.39, 0.29) is 5.91 Å². The van der Waals surface area contributed by atoms with Crippen molar-refractivity contribution in [2.24, 2.45) is 0 Å². The van der Waals surface area contributed by atoms with E-state index in [0.717, 1.165) is 16.7 Å². The SMILES string of the molecule is CN1C(=O)/C(=C/c2ccc(-c3cccc4ccccc34)o2)SC1=S. The molecule has 0 atom stereocenters. The number of furan rings is 1. The average molecular weight is 351 g/mol. The summed E-state index contributed by atoms with van der Waals surface area (Å²) >= 11 is 6.44. The second-order valence-corrected chi connectivity index (χ2v) is 7.15. The molecule has 1 saturated heterocycles. The van der Waals surface area contributed by atoms with Gasteiger partial charge in [0, 0.05) is 18.7 Å². The van der Waals surface area contributed by atoms with Crippen LogP contribution in [-0.4, -0.2) is 22.2 Å². The number of carbonyl (C=O) groups excluding carboxylic acids is 1. The van der Waals surface area contributed by atoms with E-state index in [2.05, 4.69) is 18.2 Å². The first-order chi connectivity index (χ1) is 11.6. The second kappa shape index (κ2) is 5.92. The fourth-order valence-corrected chi connectivity index (χ4v) is 3.85. The van der Waals surface area contributed by atoms with E-state index in [4.69, 9.17) is 16.6 Å². The van der Waals surface area contributed by atoms with Gasteiger partial charge < -0.3 is 4.42 Å². The fraction of sp³-hybridized carbons (Fsp3) is 0.0526. The summed E-state index contributed by atoms with van der Waals surface area (Å²) in [6.45, 7) is 0. The second-order valence-electron chi connectivity index (χ2n) is 5.47. The number of likely N-dealkylation sites (N-methyl/N-ethyl adjacent to an activating group) is 1. The first-order valence-corrected chi connectivity index (χ1v) is 8.65. The van der Waals surface area contributed by atoms with Crippen molar-refractivity contribution < 1.29 is 9.21 Å². The highest BCUT2D eigenvalue weighted by molar-refractivity contribution is 8.26. The molecular formula is C19H13NO2S2. The van der Waals surface area contributed by atoms with Crippen molar-refractivity contribution in [3.05, 3.63) is 65.3 Å². The highest BCUT2D eigenvalue weighted by atomic mass is 32.2. The van der Waals surface area contributed by atoms with Gasteiger partial charge in [0.05, 0.1) is 4.91 Å². The first-order valence-electron chi connectivity index (χ1n) is 7.43. The van der Waals surface area contributed by atoms with Gasteiger partial charge in [0.25, 0.3) is 5.91 Å². The normalized spacial score (nSPS) is 16.5. The van der Waals surface area contributed by atoms with Gasteiger partial charge in [-0.1, -0.05) is 66.4 Å². The predicted molar refractivity (Wildman–Crippen MR) is 103 cm³/mol. The summed E-state index contributed by atoms with van der Waals surface area (Å²) in [6.07, 6.45) is 1.75. The molecule has 1 amide bonds. The highest BCUT2D eigenvalue weighted by Crippen LogP contribution is 2.34. The van der Waals surface area contributed by atoms with Crippen molar-refractivity contribution >= 4 is 51.1 Å². The summed E-state index contributed by atoms with van der Waals surface area (Å²) in [5.74, 6) is 1.34. The third kappa shape index (κ3) is 2.56. The van der Waals surface area contributed by atoms with Crippen LogP contribution in [0.2, 0.25) is 0 Å². The van der Waals surface area contributed by atoms with E-state index in [9.17, 15) is 4.79 Å². The molecule has 0 N–H and O–H groups in total. The summed E-state index contributed by atoms with van der Waals surface area (Å²) in [5, 5.41) is 2.31. The highest BCUT2D eigenvalue weighted by Gasteiger charge is 2.29. The maximum Gasteiger partial charge on any atom is 0.266 e. The van der Waals surface area contributed by atoms with Gasteiger partial charge in [-0.2, -0.15) is 0 Å². The molecule has 1 aliphatic rings. The van der Waals surface area contributed by atoms with Crippen molar-refractivity contribution in [1.29, 1.82) is 0 Å². The van der Waals surface area contributed by atoms with Gasteiger partial charge in [-0.05, 0) is 22.9 Å². The molecule has 3 aromatic rings. The molecule has 5 heteroatoms. The molecular weight excluding hydrogens is 338 g/mol. The molecule has 0 saturated carbocycles. The van der Waals surface area contributed by atoms with E-state index in [0.29, 0.717) is 15.0 Å². The van der Waals surface area contributed by atoms with E-state index >= 15 is 0 Å². The molecule has 2 heterocycles. The smallest absolute Gasteiger partial charge is 0.266 e. The number of hydrogen-bond acceptors (Lipinski definition) is 4. The minimum Gasteiger partial charge on any atom is -0.457 e. The zero-order chi connectivity index (χ0) is 16.7. The van der Waals surface area contributed by atoms with Crippen LogP contribution in [0.3, 0.4) is 0 Å². The number of nitrogens with zero attached hydrogens (tertiary/aromatic N) is 1. The Morgan fingerprint density at radius 2 is 1.88 bits per heavy atom. The van der Waals surface area contributed by atoms with Crippen molar-refractivity contribution in [3.63, 3.8) is 0 Å². The molecule has 0 radical (unpaired) electrons. The zero-order valence-electron chi connectivity index (χ0n) is 12.9. The summed E-state index contributed by atoms with van der Waals surface area (Å²) < 4.78 is 6.52. The lowest BCUT2D eigenvalue weighted by Gasteiger charge is -2.03. The van der Waals surface area contributed by atoms with Gasteiger partial charge in [-0.3, -0.25) is 9.69 Å². The molecule has 0 aliphatic carbocycles. The number of thiocarbonyl (C=S) groups is 1. The monoisotopic (exact) mass is 351 g/mol. The lowest BCUT2D eigenvalue weighted by Crippen LogP contribution is -2.22. The van der Waals surface area contributed by atoms with Crippen molar-refractivity contribution in [2.45, 2.75) is 0 Å². The minimum atomic E-state index is -0.0897. The van der Waals surface area contributed by atoms with Crippen LogP contribution in [0.25, 0.3) is 28.2 Å². The Bertz CT molecular complexity index is 998. The third-order valence-corrected chi connectivity index (χ3v) is 5.43. The van der Waals surface area contributed by atoms with Crippen molar-refractivity contribution in [1.82, 2.24) is 4.90 Å². The van der Waals surface area contributed by atoms with Crippen LogP contribution in [0.15, 0.2) is 63.9 Å². The summed E-state index contributed by atoms with van der Waals surface area (Å²) in [4.78, 5) is 14.1. The first kappa shape index (κ1) is 15.2. The number of thioether (sulfide) groups is 1. The van der Waals surface area contributed by atoms with E-state index in [1.165, 1.54) is 22.0 Å². The molecule has 118 valence electrons. The molecule has 1 aromatic heterocycles. The molecule has 2 aromatic carbocycles. The Morgan fingerprint density at radius 3 is 2.67 bits per heavy atom. The molecule has 0 unspecified atom stereocenters. The van der Waals surface area contributed by atoms with E-state index in [1.54, 1.807) is 13.1 Å². The lowest BCUT2D eigenvalue weighted by atomic mass is 10.0. The van der Waals surface area contributed by atoms with E-state index in [1.807, 2.05) is 36.4 Å². The number of amides is 1. The molecule has 24 heavy (non-hydrogen) atoms. The van der Waals surface area contributed by atoms with Crippen LogP contribution in [0, 0.1) is 0 Å². The average Bonchev–Trinajstić information content (AvgIpc) is 3.16. The Balaban J connectivity index is 1.73. The van der Waals surface area contributed by atoms with Gasteiger partial charge in [0.15, 0.2) is 0 Å². The molecule has 1 aliphatic heterocycles. The van der Waals surface area contributed by atoms with Crippen LogP contribution in [0.5, 0.6) is 0 Å². The van der Waals surface area contributed by atoms with Gasteiger partial charge >= 0.3 is 0 Å². The van der Waals surface area contributed by atoms with Crippen LogP contribution in [0.4, 0.5) is 0 Å². The molecule has 1 fully saturated rings. The number of carbonyl (C=O) groups is 1. The summed E-state index contributed by atoms with van der Waals surface area (Å²) in [5.41, 5.74) is 1.04. The maximum absolute atomic E-state index is 12.1. The van der Waals surface area contributed by atoms with Gasteiger partial charge in [-0.25, -0.2) is 0 Å². The molecule has 3 nitrogen and oxygen atoms in total. The van der Waals surface area contributed by atoms with Gasteiger partial charge in [0.2, 0.25) is 0 Å². The zero-order valence-corrected chi connectivity index (χ0v) is 14.5. The quantitative estimate of drug-likeness (QED) is 0.484. The van der Waals surface area contributed by atoms with Crippen LogP contribution >= 0.6 is 24.0 Å². The Hall–Kier alpha value is -2.37. The fourth-order valence-electron chi connectivity index (χ4n) is 2.69. The molecule has 0 bridgehead atoms.